The molecule has 3 rings (SSSR count). The minimum absolute atomic E-state index is 0.0317. The van der Waals surface area contributed by atoms with Crippen LogP contribution in [0.15, 0.2) is 12.7 Å². The molecule has 7 atom stereocenters. The lowest BCUT2D eigenvalue weighted by atomic mass is 9.65. The third kappa shape index (κ3) is 4.49. The first-order chi connectivity index (χ1) is 17.2. The fourth-order valence-corrected chi connectivity index (χ4v) is 6.87. The van der Waals surface area contributed by atoms with Crippen LogP contribution in [0.4, 0.5) is 0 Å². The standard InChI is InChI=1S/C28H46N2O6/c1-7-12-13-17-29(16-8-2)25(33)23-28-15-14-27(10-4,36-28)22(26(34)35-11-5)21(28)24(32)30(23)20(18-31)19(6)9-3/h8,19-23,31H,2,7,9-18H2,1,3-6H3/t19-,20-,21-,22-,23?,27+,28?/m0/s1. The van der Waals surface area contributed by atoms with Gasteiger partial charge in [0.05, 0.1) is 30.8 Å². The highest BCUT2D eigenvalue weighted by molar-refractivity contribution is 5.98. The van der Waals surface area contributed by atoms with Crippen LogP contribution in [0.2, 0.25) is 0 Å². The third-order valence-corrected chi connectivity index (χ3v) is 8.93. The zero-order valence-corrected chi connectivity index (χ0v) is 22.8. The van der Waals surface area contributed by atoms with E-state index < -0.39 is 41.1 Å². The van der Waals surface area contributed by atoms with Crippen molar-refractivity contribution in [2.45, 2.75) is 103 Å². The molecule has 8 nitrogen and oxygen atoms in total. The topological polar surface area (TPSA) is 96.4 Å². The quantitative estimate of drug-likeness (QED) is 0.221. The van der Waals surface area contributed by atoms with Crippen LogP contribution in [0.1, 0.15) is 79.6 Å². The number of carbonyl (C=O) groups is 3. The molecule has 3 fully saturated rings. The molecule has 3 aliphatic rings. The monoisotopic (exact) mass is 506 g/mol. The first kappa shape index (κ1) is 28.6. The number of esters is 1. The number of hydrogen-bond donors (Lipinski definition) is 1. The summed E-state index contributed by atoms with van der Waals surface area (Å²) in [6.07, 6.45) is 7.00. The van der Waals surface area contributed by atoms with Crippen molar-refractivity contribution in [3.63, 3.8) is 0 Å². The molecular weight excluding hydrogens is 460 g/mol. The van der Waals surface area contributed by atoms with Gasteiger partial charge in [0.1, 0.15) is 17.6 Å². The third-order valence-electron chi connectivity index (χ3n) is 8.93. The van der Waals surface area contributed by atoms with Crippen molar-refractivity contribution in [2.24, 2.45) is 17.8 Å². The van der Waals surface area contributed by atoms with Crippen LogP contribution in [0.25, 0.3) is 0 Å². The Balaban J connectivity index is 2.13. The Morgan fingerprint density at radius 3 is 2.56 bits per heavy atom. The van der Waals surface area contributed by atoms with Crippen molar-refractivity contribution in [2.75, 3.05) is 26.3 Å². The Bertz CT molecular complexity index is 833. The van der Waals surface area contributed by atoms with Gasteiger partial charge in [0, 0.05) is 13.1 Å². The Kier molecular flexibility index (Phi) is 9.25. The van der Waals surface area contributed by atoms with Gasteiger partial charge in [0.25, 0.3) is 0 Å². The zero-order valence-electron chi connectivity index (χ0n) is 22.8. The average Bonchev–Trinajstić information content (AvgIpc) is 3.47. The highest BCUT2D eigenvalue weighted by atomic mass is 16.6. The SMILES string of the molecule is C=CCN(CCCCC)C(=O)C1N([C@@H](CO)[C@@H](C)CC)C(=O)[C@@H]2[C@@H](C(=O)OCC)[C@@]3(CC)CCC12O3. The van der Waals surface area contributed by atoms with Crippen molar-refractivity contribution in [3.8, 4) is 0 Å². The lowest BCUT2D eigenvalue weighted by Gasteiger charge is -2.41. The fraction of sp³-hybridized carbons (Fsp3) is 0.821. The minimum Gasteiger partial charge on any atom is -0.466 e. The van der Waals surface area contributed by atoms with Crippen molar-refractivity contribution >= 4 is 17.8 Å². The summed E-state index contributed by atoms with van der Waals surface area (Å²) in [5, 5.41) is 10.4. The van der Waals surface area contributed by atoms with Crippen molar-refractivity contribution in [1.82, 2.24) is 9.80 Å². The lowest BCUT2D eigenvalue weighted by molar-refractivity contribution is -0.164. The van der Waals surface area contributed by atoms with E-state index in [2.05, 4.69) is 13.5 Å². The van der Waals surface area contributed by atoms with E-state index in [1.807, 2.05) is 20.8 Å². The predicted octanol–water partition coefficient (Wildman–Crippen LogP) is 3.32. The Morgan fingerprint density at radius 2 is 2.00 bits per heavy atom. The first-order valence-corrected chi connectivity index (χ1v) is 13.9. The van der Waals surface area contributed by atoms with E-state index in [1.54, 1.807) is 22.8 Å². The second-order valence-electron chi connectivity index (χ2n) is 10.7. The number of likely N-dealkylation sites (tertiary alicyclic amines) is 1. The van der Waals surface area contributed by atoms with Crippen LogP contribution < -0.4 is 0 Å². The molecule has 204 valence electrons. The summed E-state index contributed by atoms with van der Waals surface area (Å²) >= 11 is 0. The molecule has 2 unspecified atom stereocenters. The van der Waals surface area contributed by atoms with Gasteiger partial charge in [-0.1, -0.05) is 53.0 Å². The summed E-state index contributed by atoms with van der Waals surface area (Å²) in [5.41, 5.74) is -1.92. The van der Waals surface area contributed by atoms with Crippen LogP contribution in [0, 0.1) is 17.8 Å². The lowest BCUT2D eigenvalue weighted by Crippen LogP contribution is -2.60. The van der Waals surface area contributed by atoms with E-state index in [9.17, 15) is 19.5 Å². The molecule has 1 spiro atoms. The summed E-state index contributed by atoms with van der Waals surface area (Å²) in [5.74, 6) is -2.46. The van der Waals surface area contributed by atoms with E-state index in [-0.39, 0.29) is 30.9 Å². The van der Waals surface area contributed by atoms with Crippen LogP contribution in [-0.4, -0.2) is 82.3 Å². The molecule has 36 heavy (non-hydrogen) atoms. The maximum Gasteiger partial charge on any atom is 0.312 e. The molecule has 3 aliphatic heterocycles. The second kappa shape index (κ2) is 11.6. The highest BCUT2D eigenvalue weighted by Gasteiger charge is 2.79. The number of ether oxygens (including phenoxy) is 2. The number of amides is 2. The number of aliphatic hydroxyl groups excluding tert-OH is 1. The van der Waals surface area contributed by atoms with Crippen LogP contribution in [0.3, 0.4) is 0 Å². The van der Waals surface area contributed by atoms with Gasteiger partial charge in [-0.05, 0) is 38.5 Å². The van der Waals surface area contributed by atoms with Crippen LogP contribution in [-0.2, 0) is 23.9 Å². The Morgan fingerprint density at radius 1 is 1.28 bits per heavy atom. The fourth-order valence-electron chi connectivity index (χ4n) is 6.87. The molecule has 0 aromatic rings. The molecular formula is C28H46N2O6. The van der Waals surface area contributed by atoms with Gasteiger partial charge in [-0.25, -0.2) is 0 Å². The molecule has 0 aliphatic carbocycles. The van der Waals surface area contributed by atoms with Gasteiger partial charge in [-0.2, -0.15) is 0 Å². The molecule has 2 bridgehead atoms. The second-order valence-corrected chi connectivity index (χ2v) is 10.7. The van der Waals surface area contributed by atoms with Gasteiger partial charge in [-0.3, -0.25) is 14.4 Å². The summed E-state index contributed by atoms with van der Waals surface area (Å²) in [7, 11) is 0. The normalized spacial score (nSPS) is 32.3. The van der Waals surface area contributed by atoms with Crippen molar-refractivity contribution < 1.29 is 29.0 Å². The highest BCUT2D eigenvalue weighted by Crippen LogP contribution is 2.65. The Hall–Kier alpha value is -1.93. The van der Waals surface area contributed by atoms with E-state index in [1.165, 1.54) is 0 Å². The van der Waals surface area contributed by atoms with Gasteiger partial charge in [0.15, 0.2) is 0 Å². The predicted molar refractivity (Wildman–Crippen MR) is 137 cm³/mol. The first-order valence-electron chi connectivity index (χ1n) is 13.9. The number of carbonyl (C=O) groups excluding carboxylic acids is 3. The molecule has 8 heteroatoms. The average molecular weight is 507 g/mol. The Labute approximate surface area is 216 Å². The number of nitrogens with zero attached hydrogens (tertiary/aromatic N) is 2. The molecule has 2 amide bonds. The van der Waals surface area contributed by atoms with Crippen molar-refractivity contribution in [1.29, 1.82) is 0 Å². The summed E-state index contributed by atoms with van der Waals surface area (Å²) in [4.78, 5) is 45.2. The van der Waals surface area contributed by atoms with Gasteiger partial charge in [-0.15, -0.1) is 6.58 Å². The molecule has 3 saturated heterocycles. The largest absolute Gasteiger partial charge is 0.466 e. The molecule has 0 radical (unpaired) electrons. The summed E-state index contributed by atoms with van der Waals surface area (Å²) < 4.78 is 12.2. The van der Waals surface area contributed by atoms with Gasteiger partial charge in [0.2, 0.25) is 11.8 Å². The number of fused-ring (bicyclic) bond motifs is 1. The minimum atomic E-state index is -1.10. The number of rotatable bonds is 14. The van der Waals surface area contributed by atoms with E-state index >= 15 is 0 Å². The summed E-state index contributed by atoms with van der Waals surface area (Å²) in [6.45, 7) is 14.6. The van der Waals surface area contributed by atoms with Crippen LogP contribution >= 0.6 is 0 Å². The summed E-state index contributed by atoms with van der Waals surface area (Å²) in [6, 6.07) is -1.43. The molecule has 3 heterocycles. The smallest absolute Gasteiger partial charge is 0.312 e. The number of hydrogen-bond acceptors (Lipinski definition) is 6. The zero-order chi connectivity index (χ0) is 26.7. The van der Waals surface area contributed by atoms with Crippen LogP contribution in [0.5, 0.6) is 0 Å². The maximum absolute atomic E-state index is 14.3. The van der Waals surface area contributed by atoms with E-state index in [0.717, 1.165) is 25.7 Å². The number of unbranched alkanes of at least 4 members (excludes halogenated alkanes) is 2. The van der Waals surface area contributed by atoms with E-state index in [4.69, 9.17) is 9.47 Å². The van der Waals surface area contributed by atoms with Gasteiger partial charge < -0.3 is 24.4 Å². The molecule has 0 aromatic heterocycles. The molecule has 0 aromatic carbocycles. The molecule has 0 saturated carbocycles. The molecule has 1 N–H and O–H groups in total. The number of aliphatic hydroxyl groups is 1. The van der Waals surface area contributed by atoms with Crippen molar-refractivity contribution in [3.05, 3.63) is 12.7 Å². The van der Waals surface area contributed by atoms with Gasteiger partial charge >= 0.3 is 5.97 Å². The van der Waals surface area contributed by atoms with E-state index in [0.29, 0.717) is 32.4 Å². The maximum atomic E-state index is 14.3.